The van der Waals surface area contributed by atoms with E-state index in [1.54, 1.807) is 5.54 Å². The van der Waals surface area contributed by atoms with E-state index in [0.29, 0.717) is 0 Å². The molecule has 0 aromatic rings. The fourth-order valence-electron chi connectivity index (χ4n) is 0.752. The summed E-state index contributed by atoms with van der Waals surface area (Å²) in [4.78, 5) is 0. The largest absolute Gasteiger partial charge is 0.154 e. The molecule has 0 heterocycles. The summed E-state index contributed by atoms with van der Waals surface area (Å²) in [6.07, 6.45) is 4.51. The van der Waals surface area contributed by atoms with Crippen molar-refractivity contribution in [2.45, 2.75) is 31.9 Å². The molecule has 10 heavy (non-hydrogen) atoms. The summed E-state index contributed by atoms with van der Waals surface area (Å²) in [5.41, 5.74) is 1.59. The van der Waals surface area contributed by atoms with Gasteiger partial charge in [-0.2, -0.15) is 11.8 Å². The maximum absolute atomic E-state index is 5.38. The van der Waals surface area contributed by atoms with Crippen molar-refractivity contribution in [2.75, 3.05) is 5.75 Å². The molecule has 0 saturated heterocycles. The van der Waals surface area contributed by atoms with E-state index in [1.165, 1.54) is 12.8 Å². The SMILES string of the molecule is CCC(CC)SC/C=C/Cl. The molecule has 60 valence electrons. The molecule has 0 nitrogen and oxygen atoms in total. The third-order valence-electron chi connectivity index (χ3n) is 1.43. The van der Waals surface area contributed by atoms with Crippen molar-refractivity contribution in [3.63, 3.8) is 0 Å². The van der Waals surface area contributed by atoms with Gasteiger partial charge in [-0.3, -0.25) is 0 Å². The van der Waals surface area contributed by atoms with Crippen LogP contribution in [0.4, 0.5) is 0 Å². The normalized spacial score (nSPS) is 11.6. The van der Waals surface area contributed by atoms with Crippen LogP contribution in [0.1, 0.15) is 26.7 Å². The Kier molecular flexibility index (Phi) is 7.77. The highest BCUT2D eigenvalue weighted by Crippen LogP contribution is 2.17. The number of hydrogen-bond donors (Lipinski definition) is 0. The Morgan fingerprint density at radius 1 is 1.40 bits per heavy atom. The van der Waals surface area contributed by atoms with Crippen LogP contribution in [0.3, 0.4) is 0 Å². The number of thioether (sulfide) groups is 1. The van der Waals surface area contributed by atoms with Gasteiger partial charge in [-0.15, -0.1) is 0 Å². The molecule has 0 aliphatic heterocycles. The van der Waals surface area contributed by atoms with Crippen LogP contribution in [-0.2, 0) is 0 Å². The molecule has 0 amide bonds. The predicted octanol–water partition coefficient (Wildman–Crippen LogP) is 3.66. The van der Waals surface area contributed by atoms with Crippen LogP contribution in [0.5, 0.6) is 0 Å². The first-order chi connectivity index (χ1) is 4.85. The minimum Gasteiger partial charge on any atom is -0.154 e. The van der Waals surface area contributed by atoms with Crippen LogP contribution in [0.25, 0.3) is 0 Å². The molecule has 0 saturated carbocycles. The molecule has 2 heteroatoms. The Hall–Kier alpha value is 0.380. The van der Waals surface area contributed by atoms with E-state index in [2.05, 4.69) is 13.8 Å². The second kappa shape index (κ2) is 7.49. The molecule has 0 atom stereocenters. The monoisotopic (exact) mass is 178 g/mol. The molecule has 0 aliphatic rings. The van der Waals surface area contributed by atoms with Gasteiger partial charge in [0.25, 0.3) is 0 Å². The van der Waals surface area contributed by atoms with Gasteiger partial charge in [-0.05, 0) is 12.8 Å². The van der Waals surface area contributed by atoms with Crippen molar-refractivity contribution >= 4 is 23.4 Å². The van der Waals surface area contributed by atoms with Crippen molar-refractivity contribution in [2.24, 2.45) is 0 Å². The van der Waals surface area contributed by atoms with Crippen LogP contribution in [0.15, 0.2) is 11.6 Å². The molecule has 0 unspecified atom stereocenters. The summed E-state index contributed by atoms with van der Waals surface area (Å²) >= 11 is 7.35. The third kappa shape index (κ3) is 5.19. The zero-order valence-electron chi connectivity index (χ0n) is 6.64. The Bertz CT molecular complexity index is 87.3. The van der Waals surface area contributed by atoms with Crippen molar-refractivity contribution < 1.29 is 0 Å². The van der Waals surface area contributed by atoms with Crippen LogP contribution in [-0.4, -0.2) is 11.0 Å². The second-order valence-electron chi connectivity index (χ2n) is 2.13. The number of hydrogen-bond acceptors (Lipinski definition) is 1. The highest BCUT2D eigenvalue weighted by molar-refractivity contribution is 8.00. The zero-order valence-corrected chi connectivity index (χ0v) is 8.21. The first-order valence-electron chi connectivity index (χ1n) is 3.71. The molecule has 0 fully saturated rings. The Morgan fingerprint density at radius 3 is 2.40 bits per heavy atom. The highest BCUT2D eigenvalue weighted by Gasteiger charge is 2.00. The average molecular weight is 179 g/mol. The number of rotatable bonds is 5. The van der Waals surface area contributed by atoms with Gasteiger partial charge in [0.15, 0.2) is 0 Å². The van der Waals surface area contributed by atoms with Crippen molar-refractivity contribution in [3.05, 3.63) is 11.6 Å². The molecule has 0 N–H and O–H groups in total. The summed E-state index contributed by atoms with van der Waals surface area (Å²) in [7, 11) is 0. The third-order valence-corrected chi connectivity index (χ3v) is 3.13. The van der Waals surface area contributed by atoms with Gasteiger partial charge in [-0.1, -0.05) is 31.5 Å². The molecule has 0 spiro atoms. The Labute approximate surface area is 73.0 Å². The summed E-state index contributed by atoms with van der Waals surface area (Å²) in [6, 6.07) is 0. The van der Waals surface area contributed by atoms with Crippen LogP contribution >= 0.6 is 23.4 Å². The van der Waals surface area contributed by atoms with Crippen LogP contribution in [0, 0.1) is 0 Å². The zero-order chi connectivity index (χ0) is 7.82. The molecular formula is C8H15ClS. The van der Waals surface area contributed by atoms with Gasteiger partial charge in [0, 0.05) is 16.5 Å². The summed E-state index contributed by atoms with van der Waals surface area (Å²) in [5, 5.41) is 0.813. The molecule has 0 rings (SSSR count). The van der Waals surface area contributed by atoms with Gasteiger partial charge in [-0.25, -0.2) is 0 Å². The summed E-state index contributed by atoms with van der Waals surface area (Å²) in [5.74, 6) is 1.05. The molecular weight excluding hydrogens is 164 g/mol. The van der Waals surface area contributed by atoms with Crippen molar-refractivity contribution in [1.82, 2.24) is 0 Å². The molecule has 0 aliphatic carbocycles. The van der Waals surface area contributed by atoms with Gasteiger partial charge in [0.2, 0.25) is 0 Å². The van der Waals surface area contributed by atoms with E-state index in [9.17, 15) is 0 Å². The van der Waals surface area contributed by atoms with Gasteiger partial charge in [0.1, 0.15) is 0 Å². The second-order valence-corrected chi connectivity index (χ2v) is 3.72. The fourth-order valence-corrected chi connectivity index (χ4v) is 1.90. The van der Waals surface area contributed by atoms with E-state index in [0.717, 1.165) is 11.0 Å². The predicted molar refractivity (Wildman–Crippen MR) is 51.8 cm³/mol. The lowest BCUT2D eigenvalue weighted by Gasteiger charge is -2.08. The highest BCUT2D eigenvalue weighted by atomic mass is 35.5. The average Bonchev–Trinajstić information content (AvgIpc) is 1.99. The van der Waals surface area contributed by atoms with Crippen LogP contribution in [0.2, 0.25) is 0 Å². The fraction of sp³-hybridized carbons (Fsp3) is 0.750. The Morgan fingerprint density at radius 2 is 2.00 bits per heavy atom. The molecule has 0 aromatic carbocycles. The minimum absolute atomic E-state index is 0.813. The van der Waals surface area contributed by atoms with E-state index in [-0.39, 0.29) is 0 Å². The quantitative estimate of drug-likeness (QED) is 0.619. The number of halogens is 1. The van der Waals surface area contributed by atoms with Crippen molar-refractivity contribution in [3.8, 4) is 0 Å². The van der Waals surface area contributed by atoms with Gasteiger partial charge >= 0.3 is 0 Å². The molecule has 0 bridgehead atoms. The topological polar surface area (TPSA) is 0 Å². The maximum Gasteiger partial charge on any atom is 0.0127 e. The van der Waals surface area contributed by atoms with E-state index >= 15 is 0 Å². The van der Waals surface area contributed by atoms with E-state index in [1.807, 2.05) is 17.8 Å². The lowest BCUT2D eigenvalue weighted by atomic mass is 10.3. The lowest BCUT2D eigenvalue weighted by Crippen LogP contribution is -1.97. The van der Waals surface area contributed by atoms with Crippen molar-refractivity contribution in [1.29, 1.82) is 0 Å². The van der Waals surface area contributed by atoms with Crippen LogP contribution < -0.4 is 0 Å². The standard InChI is InChI=1S/C8H15ClS/c1-3-8(4-2)10-7-5-6-9/h5-6,8H,3-4,7H2,1-2H3/b6-5+. The van der Waals surface area contributed by atoms with E-state index < -0.39 is 0 Å². The Balaban J connectivity index is 3.25. The maximum atomic E-state index is 5.38. The van der Waals surface area contributed by atoms with E-state index in [4.69, 9.17) is 11.6 Å². The first kappa shape index (κ1) is 10.4. The molecule has 0 aromatic heterocycles. The summed E-state index contributed by atoms with van der Waals surface area (Å²) in [6.45, 7) is 4.46. The minimum atomic E-state index is 0.813. The van der Waals surface area contributed by atoms with Gasteiger partial charge in [0.05, 0.1) is 0 Å². The first-order valence-corrected chi connectivity index (χ1v) is 5.20. The lowest BCUT2D eigenvalue weighted by molar-refractivity contribution is 0.793. The molecule has 0 radical (unpaired) electrons. The summed E-state index contributed by atoms with van der Waals surface area (Å²) < 4.78 is 0. The smallest absolute Gasteiger partial charge is 0.0127 e. The van der Waals surface area contributed by atoms with Gasteiger partial charge < -0.3 is 0 Å².